The Labute approximate surface area is 150 Å². The molecule has 2 fully saturated rings. The third kappa shape index (κ3) is 4.86. The smallest absolute Gasteiger partial charge is 0.317 e. The van der Waals surface area contributed by atoms with Gasteiger partial charge in [-0.3, -0.25) is 4.90 Å². The van der Waals surface area contributed by atoms with Crippen LogP contribution in [0.15, 0.2) is 30.3 Å². The van der Waals surface area contributed by atoms with E-state index in [-0.39, 0.29) is 24.6 Å². The zero-order valence-electron chi connectivity index (χ0n) is 15.1. The molecule has 2 atom stereocenters. The van der Waals surface area contributed by atoms with E-state index in [1.165, 1.54) is 5.69 Å². The lowest BCUT2D eigenvalue weighted by Gasteiger charge is -2.37. The summed E-state index contributed by atoms with van der Waals surface area (Å²) in [6.07, 6.45) is 0.903. The molecule has 25 heavy (non-hydrogen) atoms. The molecule has 2 saturated heterocycles. The fourth-order valence-corrected chi connectivity index (χ4v) is 3.73. The van der Waals surface area contributed by atoms with Gasteiger partial charge in [-0.15, -0.1) is 0 Å². The van der Waals surface area contributed by atoms with Crippen molar-refractivity contribution in [2.24, 2.45) is 5.92 Å². The maximum Gasteiger partial charge on any atom is 0.317 e. The van der Waals surface area contributed by atoms with Crippen molar-refractivity contribution in [1.29, 1.82) is 0 Å². The molecule has 3 rings (SSSR count). The van der Waals surface area contributed by atoms with Crippen LogP contribution in [-0.2, 0) is 0 Å². The van der Waals surface area contributed by atoms with Crippen LogP contribution in [0.2, 0.25) is 0 Å². The van der Waals surface area contributed by atoms with E-state index < -0.39 is 0 Å². The standard InChI is InChI=1S/C19H30N4O2/c1-16(20-19(25)23-8-7-17(14-23)15-24)13-21-9-11-22(12-10-21)18-5-3-2-4-6-18/h2-6,16-17,24H,7-15H2,1H3,(H,20,25). The summed E-state index contributed by atoms with van der Waals surface area (Å²) in [4.78, 5) is 19.0. The number of urea groups is 1. The van der Waals surface area contributed by atoms with Gasteiger partial charge in [0.1, 0.15) is 0 Å². The number of nitrogens with zero attached hydrogens (tertiary/aromatic N) is 3. The number of anilines is 1. The first-order valence-electron chi connectivity index (χ1n) is 9.34. The number of piperazine rings is 1. The van der Waals surface area contributed by atoms with Gasteiger partial charge >= 0.3 is 6.03 Å². The zero-order chi connectivity index (χ0) is 17.6. The van der Waals surface area contributed by atoms with Gasteiger partial charge in [-0.25, -0.2) is 4.79 Å². The SMILES string of the molecule is CC(CN1CCN(c2ccccc2)CC1)NC(=O)N1CCC(CO)C1. The minimum absolute atomic E-state index is 0.00590. The van der Waals surface area contributed by atoms with Crippen molar-refractivity contribution >= 4 is 11.7 Å². The average molecular weight is 346 g/mol. The van der Waals surface area contributed by atoms with Crippen LogP contribution in [0.5, 0.6) is 0 Å². The number of hydrogen-bond acceptors (Lipinski definition) is 4. The first kappa shape index (κ1) is 18.0. The summed E-state index contributed by atoms with van der Waals surface area (Å²) in [7, 11) is 0. The van der Waals surface area contributed by atoms with E-state index in [2.05, 4.69) is 46.3 Å². The Morgan fingerprint density at radius 1 is 1.20 bits per heavy atom. The first-order chi connectivity index (χ1) is 12.2. The number of hydrogen-bond donors (Lipinski definition) is 2. The molecule has 2 amide bonds. The molecule has 1 aromatic rings. The van der Waals surface area contributed by atoms with E-state index in [4.69, 9.17) is 0 Å². The van der Waals surface area contributed by atoms with Crippen LogP contribution in [-0.4, -0.2) is 79.4 Å². The third-order valence-electron chi connectivity index (χ3n) is 5.23. The minimum atomic E-state index is 0.00590. The number of nitrogens with one attached hydrogen (secondary N) is 1. The number of carbonyl (C=O) groups excluding carboxylic acids is 1. The summed E-state index contributed by atoms with van der Waals surface area (Å²) < 4.78 is 0. The summed E-state index contributed by atoms with van der Waals surface area (Å²) in [5.41, 5.74) is 1.29. The van der Waals surface area contributed by atoms with E-state index in [9.17, 15) is 9.90 Å². The highest BCUT2D eigenvalue weighted by Gasteiger charge is 2.27. The molecule has 0 spiro atoms. The van der Waals surface area contributed by atoms with Crippen molar-refractivity contribution in [3.05, 3.63) is 30.3 Å². The lowest BCUT2D eigenvalue weighted by molar-refractivity contribution is 0.187. The Balaban J connectivity index is 1.39. The number of aliphatic hydroxyl groups is 1. The van der Waals surface area contributed by atoms with Crippen LogP contribution in [0.25, 0.3) is 0 Å². The van der Waals surface area contributed by atoms with Crippen molar-refractivity contribution in [2.45, 2.75) is 19.4 Å². The van der Waals surface area contributed by atoms with Gasteiger partial charge < -0.3 is 20.2 Å². The van der Waals surface area contributed by atoms with Gasteiger partial charge in [-0.05, 0) is 25.5 Å². The molecule has 0 aromatic heterocycles. The Morgan fingerprint density at radius 3 is 2.56 bits per heavy atom. The van der Waals surface area contributed by atoms with E-state index in [1.807, 2.05) is 11.0 Å². The van der Waals surface area contributed by atoms with E-state index >= 15 is 0 Å². The van der Waals surface area contributed by atoms with Gasteiger partial charge in [-0.1, -0.05) is 18.2 Å². The highest BCUT2D eigenvalue weighted by molar-refractivity contribution is 5.74. The second-order valence-corrected chi connectivity index (χ2v) is 7.26. The Kier molecular flexibility index (Phi) is 6.15. The normalized spacial score (nSPS) is 22.9. The number of carbonyl (C=O) groups is 1. The average Bonchev–Trinajstić information content (AvgIpc) is 3.12. The molecule has 2 aliphatic rings. The number of benzene rings is 1. The molecular formula is C19H30N4O2. The largest absolute Gasteiger partial charge is 0.396 e. The molecule has 0 bridgehead atoms. The molecule has 0 saturated carbocycles. The summed E-state index contributed by atoms with van der Waals surface area (Å²) in [5, 5.41) is 12.3. The van der Waals surface area contributed by atoms with E-state index in [1.54, 1.807) is 0 Å². The van der Waals surface area contributed by atoms with Crippen molar-refractivity contribution in [3.63, 3.8) is 0 Å². The molecular weight excluding hydrogens is 316 g/mol. The van der Waals surface area contributed by atoms with E-state index in [0.29, 0.717) is 6.54 Å². The molecule has 2 aliphatic heterocycles. The molecule has 2 heterocycles. The van der Waals surface area contributed by atoms with Crippen LogP contribution in [0.3, 0.4) is 0 Å². The van der Waals surface area contributed by atoms with Crippen molar-refractivity contribution < 1.29 is 9.90 Å². The van der Waals surface area contributed by atoms with Crippen LogP contribution < -0.4 is 10.2 Å². The van der Waals surface area contributed by atoms with Gasteiger partial charge in [0.05, 0.1) is 0 Å². The summed E-state index contributed by atoms with van der Waals surface area (Å²) in [6.45, 7) is 8.63. The van der Waals surface area contributed by atoms with Crippen LogP contribution in [0.1, 0.15) is 13.3 Å². The van der Waals surface area contributed by atoms with Crippen molar-refractivity contribution in [3.8, 4) is 0 Å². The fourth-order valence-electron chi connectivity index (χ4n) is 3.73. The number of amides is 2. The molecule has 0 aliphatic carbocycles. The summed E-state index contributed by atoms with van der Waals surface area (Å²) in [6, 6.07) is 10.7. The quantitative estimate of drug-likeness (QED) is 0.842. The summed E-state index contributed by atoms with van der Waals surface area (Å²) in [5.74, 6) is 0.243. The van der Waals surface area contributed by atoms with Crippen molar-refractivity contribution in [2.75, 3.05) is 57.3 Å². The Hall–Kier alpha value is -1.79. The Bertz CT molecular complexity index is 546. The van der Waals surface area contributed by atoms with E-state index in [0.717, 1.165) is 45.7 Å². The van der Waals surface area contributed by atoms with Crippen LogP contribution >= 0.6 is 0 Å². The maximum absolute atomic E-state index is 12.3. The monoisotopic (exact) mass is 346 g/mol. The lowest BCUT2D eigenvalue weighted by Crippen LogP contribution is -2.52. The number of para-hydroxylation sites is 1. The predicted octanol–water partition coefficient (Wildman–Crippen LogP) is 1.22. The van der Waals surface area contributed by atoms with Gasteiger partial charge in [0.2, 0.25) is 0 Å². The fraction of sp³-hybridized carbons (Fsp3) is 0.632. The van der Waals surface area contributed by atoms with Crippen molar-refractivity contribution in [1.82, 2.24) is 15.1 Å². The second-order valence-electron chi connectivity index (χ2n) is 7.26. The molecule has 1 aromatic carbocycles. The highest BCUT2D eigenvalue weighted by atomic mass is 16.3. The number of aliphatic hydroxyl groups excluding tert-OH is 1. The molecule has 0 radical (unpaired) electrons. The topological polar surface area (TPSA) is 59.0 Å². The molecule has 6 heteroatoms. The summed E-state index contributed by atoms with van der Waals surface area (Å²) >= 11 is 0. The highest BCUT2D eigenvalue weighted by Crippen LogP contribution is 2.16. The van der Waals surface area contributed by atoms with Gasteiger partial charge in [0, 0.05) is 70.1 Å². The zero-order valence-corrected chi connectivity index (χ0v) is 15.1. The van der Waals surface area contributed by atoms with Gasteiger partial charge in [0.15, 0.2) is 0 Å². The third-order valence-corrected chi connectivity index (χ3v) is 5.23. The minimum Gasteiger partial charge on any atom is -0.396 e. The molecule has 138 valence electrons. The number of likely N-dealkylation sites (tertiary alicyclic amines) is 1. The Morgan fingerprint density at radius 2 is 1.92 bits per heavy atom. The molecule has 2 N–H and O–H groups in total. The van der Waals surface area contributed by atoms with Gasteiger partial charge in [-0.2, -0.15) is 0 Å². The van der Waals surface area contributed by atoms with Gasteiger partial charge in [0.25, 0.3) is 0 Å². The predicted molar refractivity (Wildman–Crippen MR) is 99.9 cm³/mol. The van der Waals surface area contributed by atoms with Crippen LogP contribution in [0.4, 0.5) is 10.5 Å². The number of rotatable bonds is 5. The maximum atomic E-state index is 12.3. The van der Waals surface area contributed by atoms with Crippen LogP contribution in [0, 0.1) is 5.92 Å². The molecule has 6 nitrogen and oxygen atoms in total. The second kappa shape index (κ2) is 8.54. The first-order valence-corrected chi connectivity index (χ1v) is 9.34. The molecule has 2 unspecified atom stereocenters. The lowest BCUT2D eigenvalue weighted by atomic mass is 10.1.